The smallest absolute Gasteiger partial charge is 0.373 e. The first kappa shape index (κ1) is 15.8. The van der Waals surface area contributed by atoms with Crippen LogP contribution in [0.4, 0.5) is 0 Å². The predicted molar refractivity (Wildman–Crippen MR) is 87.5 cm³/mol. The van der Waals surface area contributed by atoms with Crippen LogP contribution in [0.25, 0.3) is 10.8 Å². The lowest BCUT2D eigenvalue weighted by Gasteiger charge is -2.06. The maximum Gasteiger partial charge on any atom is 0.373 e. The molecule has 0 amide bonds. The fraction of sp³-hybridized carbons (Fsp3) is 0.158. The normalized spacial score (nSPS) is 10.5. The van der Waals surface area contributed by atoms with E-state index in [9.17, 15) is 9.59 Å². The van der Waals surface area contributed by atoms with Crippen LogP contribution in [0.5, 0.6) is 0 Å². The lowest BCUT2D eigenvalue weighted by atomic mass is 10.0. The second-order valence-electron chi connectivity index (χ2n) is 5.23. The Kier molecular flexibility index (Phi) is 4.61. The standard InChI is InChI=1S/C19H16O5/c1-22-19(21)17-10-9-15(24-17)12-23-18(20)11-14-7-4-6-13-5-2-3-8-16(13)14/h2-10H,11-12H2,1H3. The Hall–Kier alpha value is -3.08. The molecule has 0 aliphatic rings. The average molecular weight is 324 g/mol. The van der Waals surface area contributed by atoms with Gasteiger partial charge in [-0.3, -0.25) is 4.79 Å². The summed E-state index contributed by atoms with van der Waals surface area (Å²) in [5, 5.41) is 2.11. The molecule has 0 N–H and O–H groups in total. The second-order valence-corrected chi connectivity index (χ2v) is 5.23. The number of furan rings is 1. The Bertz CT molecular complexity index is 873. The van der Waals surface area contributed by atoms with Crippen LogP contribution in [-0.2, 0) is 27.3 Å². The van der Waals surface area contributed by atoms with Gasteiger partial charge in [-0.25, -0.2) is 4.79 Å². The molecular formula is C19H16O5. The monoisotopic (exact) mass is 324 g/mol. The van der Waals surface area contributed by atoms with E-state index in [0.717, 1.165) is 16.3 Å². The second kappa shape index (κ2) is 7.00. The SMILES string of the molecule is COC(=O)c1ccc(COC(=O)Cc2cccc3ccccc23)o1. The molecular weight excluding hydrogens is 308 g/mol. The first-order valence-electron chi connectivity index (χ1n) is 7.46. The van der Waals surface area contributed by atoms with Crippen LogP contribution in [0.2, 0.25) is 0 Å². The lowest BCUT2D eigenvalue weighted by molar-refractivity contribution is -0.144. The third kappa shape index (κ3) is 3.46. The molecule has 1 heterocycles. The molecule has 5 heteroatoms. The largest absolute Gasteiger partial charge is 0.463 e. The highest BCUT2D eigenvalue weighted by molar-refractivity contribution is 5.89. The predicted octanol–water partition coefficient (Wildman–Crippen LogP) is 3.51. The molecule has 5 nitrogen and oxygen atoms in total. The van der Waals surface area contributed by atoms with Gasteiger partial charge in [-0.1, -0.05) is 42.5 Å². The minimum absolute atomic E-state index is 0.0272. The zero-order chi connectivity index (χ0) is 16.9. The Morgan fingerprint density at radius 3 is 2.62 bits per heavy atom. The number of hydrogen-bond acceptors (Lipinski definition) is 5. The fourth-order valence-electron chi connectivity index (χ4n) is 2.47. The molecule has 0 fully saturated rings. The van der Waals surface area contributed by atoms with Crippen LogP contribution in [0.1, 0.15) is 21.9 Å². The van der Waals surface area contributed by atoms with Crippen molar-refractivity contribution < 1.29 is 23.5 Å². The number of hydrogen-bond donors (Lipinski definition) is 0. The summed E-state index contributed by atoms with van der Waals surface area (Å²) in [6, 6.07) is 16.8. The van der Waals surface area contributed by atoms with E-state index in [0.29, 0.717) is 5.76 Å². The summed E-state index contributed by atoms with van der Waals surface area (Å²) in [4.78, 5) is 23.4. The number of rotatable bonds is 5. The van der Waals surface area contributed by atoms with Crippen molar-refractivity contribution in [2.75, 3.05) is 7.11 Å². The summed E-state index contributed by atoms with van der Waals surface area (Å²) in [6.45, 7) is -0.0272. The molecule has 122 valence electrons. The summed E-state index contributed by atoms with van der Waals surface area (Å²) in [5.74, 6) is -0.454. The van der Waals surface area contributed by atoms with E-state index >= 15 is 0 Å². The number of carbonyl (C=O) groups is 2. The summed E-state index contributed by atoms with van der Waals surface area (Å²) in [5.41, 5.74) is 0.910. The van der Waals surface area contributed by atoms with Crippen molar-refractivity contribution in [2.45, 2.75) is 13.0 Å². The van der Waals surface area contributed by atoms with E-state index in [1.54, 1.807) is 6.07 Å². The van der Waals surface area contributed by atoms with Crippen molar-refractivity contribution in [2.24, 2.45) is 0 Å². The topological polar surface area (TPSA) is 65.7 Å². The number of fused-ring (bicyclic) bond motifs is 1. The molecule has 0 unspecified atom stereocenters. The van der Waals surface area contributed by atoms with Gasteiger partial charge in [0.15, 0.2) is 0 Å². The van der Waals surface area contributed by atoms with Gasteiger partial charge in [-0.05, 0) is 28.5 Å². The van der Waals surface area contributed by atoms with Crippen molar-refractivity contribution in [3.63, 3.8) is 0 Å². The van der Waals surface area contributed by atoms with E-state index in [1.165, 1.54) is 13.2 Å². The zero-order valence-electron chi connectivity index (χ0n) is 13.2. The molecule has 3 aromatic rings. The van der Waals surface area contributed by atoms with Crippen molar-refractivity contribution in [3.05, 3.63) is 71.7 Å². The van der Waals surface area contributed by atoms with Gasteiger partial charge in [0.1, 0.15) is 12.4 Å². The number of carbonyl (C=O) groups excluding carboxylic acids is 2. The van der Waals surface area contributed by atoms with E-state index in [4.69, 9.17) is 9.15 Å². The first-order chi connectivity index (χ1) is 11.7. The van der Waals surface area contributed by atoms with Gasteiger partial charge >= 0.3 is 11.9 Å². The van der Waals surface area contributed by atoms with Crippen LogP contribution in [0.3, 0.4) is 0 Å². The summed E-state index contributed by atoms with van der Waals surface area (Å²) < 4.78 is 15.0. The third-order valence-corrected chi connectivity index (χ3v) is 3.64. The highest BCUT2D eigenvalue weighted by Gasteiger charge is 2.13. The Labute approximate surface area is 138 Å². The Balaban J connectivity index is 1.63. The van der Waals surface area contributed by atoms with Crippen LogP contribution >= 0.6 is 0 Å². The van der Waals surface area contributed by atoms with Crippen LogP contribution in [0, 0.1) is 0 Å². The highest BCUT2D eigenvalue weighted by atomic mass is 16.5. The molecule has 0 bridgehead atoms. The maximum atomic E-state index is 12.1. The number of methoxy groups -OCH3 is 1. The summed E-state index contributed by atoms with van der Waals surface area (Å²) in [7, 11) is 1.27. The fourth-order valence-corrected chi connectivity index (χ4v) is 2.47. The number of esters is 2. The molecule has 0 radical (unpaired) electrons. The van der Waals surface area contributed by atoms with Gasteiger partial charge < -0.3 is 13.9 Å². The molecule has 24 heavy (non-hydrogen) atoms. The lowest BCUT2D eigenvalue weighted by Crippen LogP contribution is -2.08. The molecule has 0 spiro atoms. The van der Waals surface area contributed by atoms with Gasteiger partial charge in [-0.15, -0.1) is 0 Å². The maximum absolute atomic E-state index is 12.1. The van der Waals surface area contributed by atoms with Gasteiger partial charge in [0.05, 0.1) is 13.5 Å². The molecule has 0 saturated heterocycles. The van der Waals surface area contributed by atoms with E-state index < -0.39 is 5.97 Å². The van der Waals surface area contributed by atoms with E-state index in [-0.39, 0.29) is 24.8 Å². The van der Waals surface area contributed by atoms with Gasteiger partial charge in [0.2, 0.25) is 5.76 Å². The van der Waals surface area contributed by atoms with Crippen molar-refractivity contribution >= 4 is 22.7 Å². The van der Waals surface area contributed by atoms with E-state index in [1.807, 2.05) is 42.5 Å². The van der Waals surface area contributed by atoms with Crippen molar-refractivity contribution in [1.29, 1.82) is 0 Å². The van der Waals surface area contributed by atoms with Crippen molar-refractivity contribution in [1.82, 2.24) is 0 Å². The molecule has 0 aliphatic carbocycles. The van der Waals surface area contributed by atoms with Crippen LogP contribution in [-0.4, -0.2) is 19.0 Å². The van der Waals surface area contributed by atoms with Crippen LogP contribution in [0.15, 0.2) is 59.0 Å². The molecule has 0 saturated carbocycles. The molecule has 2 aromatic carbocycles. The first-order valence-corrected chi connectivity index (χ1v) is 7.46. The number of benzene rings is 2. The minimum atomic E-state index is -0.566. The molecule has 0 aliphatic heterocycles. The molecule has 0 atom stereocenters. The Morgan fingerprint density at radius 1 is 1.00 bits per heavy atom. The molecule has 1 aromatic heterocycles. The third-order valence-electron chi connectivity index (χ3n) is 3.64. The number of ether oxygens (including phenoxy) is 2. The molecule has 3 rings (SSSR count). The van der Waals surface area contributed by atoms with Gasteiger partial charge in [0.25, 0.3) is 0 Å². The zero-order valence-corrected chi connectivity index (χ0v) is 13.2. The average Bonchev–Trinajstić information content (AvgIpc) is 3.09. The van der Waals surface area contributed by atoms with Gasteiger partial charge in [0, 0.05) is 0 Å². The highest BCUT2D eigenvalue weighted by Crippen LogP contribution is 2.19. The summed E-state index contributed by atoms with van der Waals surface area (Å²) in [6.07, 6.45) is 0.173. The summed E-state index contributed by atoms with van der Waals surface area (Å²) >= 11 is 0. The van der Waals surface area contributed by atoms with E-state index in [2.05, 4.69) is 4.74 Å². The minimum Gasteiger partial charge on any atom is -0.463 e. The van der Waals surface area contributed by atoms with Crippen LogP contribution < -0.4 is 0 Å². The van der Waals surface area contributed by atoms with Crippen molar-refractivity contribution in [3.8, 4) is 0 Å². The Morgan fingerprint density at radius 2 is 1.79 bits per heavy atom. The van der Waals surface area contributed by atoms with Gasteiger partial charge in [-0.2, -0.15) is 0 Å². The quantitative estimate of drug-likeness (QED) is 0.672.